The molecule has 0 amide bonds. The fourth-order valence-corrected chi connectivity index (χ4v) is 1.37. The molecule has 0 radical (unpaired) electrons. The summed E-state index contributed by atoms with van der Waals surface area (Å²) in [5, 5.41) is 16.0. The van der Waals surface area contributed by atoms with E-state index >= 15 is 0 Å². The highest BCUT2D eigenvalue weighted by Gasteiger charge is 2.30. The van der Waals surface area contributed by atoms with E-state index in [-0.39, 0.29) is 24.8 Å². The molecule has 0 spiro atoms. The Bertz CT molecular complexity index is 520. The number of aromatic nitrogens is 2. The molecular formula is C11H9F3N2O2. The fraction of sp³-hybridized carbons (Fsp3) is 0.273. The van der Waals surface area contributed by atoms with E-state index in [4.69, 9.17) is 9.52 Å². The van der Waals surface area contributed by atoms with Crippen LogP contribution in [0, 0.1) is 0 Å². The Hall–Kier alpha value is -1.89. The number of alkyl halides is 3. The lowest BCUT2D eigenvalue weighted by Gasteiger charge is -2.05. The molecule has 1 aromatic heterocycles. The average Bonchev–Trinajstić information content (AvgIpc) is 2.77. The van der Waals surface area contributed by atoms with E-state index in [1.807, 2.05) is 0 Å². The van der Waals surface area contributed by atoms with E-state index in [0.29, 0.717) is 5.56 Å². The largest absolute Gasteiger partial charge is 0.421 e. The van der Waals surface area contributed by atoms with Crippen LogP contribution in [0.15, 0.2) is 28.7 Å². The minimum absolute atomic E-state index is 0.130. The molecule has 1 aromatic carbocycles. The van der Waals surface area contributed by atoms with Crippen molar-refractivity contribution in [3.05, 3.63) is 35.7 Å². The third kappa shape index (κ3) is 2.67. The third-order valence-corrected chi connectivity index (χ3v) is 2.25. The third-order valence-electron chi connectivity index (χ3n) is 2.25. The van der Waals surface area contributed by atoms with Gasteiger partial charge in [0.25, 0.3) is 0 Å². The number of aliphatic hydroxyl groups excluding tert-OH is 1. The van der Waals surface area contributed by atoms with Crippen LogP contribution in [0.5, 0.6) is 0 Å². The van der Waals surface area contributed by atoms with E-state index in [0.717, 1.165) is 12.1 Å². The number of nitrogens with zero attached hydrogens (tertiary/aromatic N) is 2. The lowest BCUT2D eigenvalue weighted by molar-refractivity contribution is -0.137. The molecule has 2 aromatic rings. The van der Waals surface area contributed by atoms with E-state index < -0.39 is 11.7 Å². The fourth-order valence-electron chi connectivity index (χ4n) is 1.37. The number of hydrogen-bond acceptors (Lipinski definition) is 4. The van der Waals surface area contributed by atoms with Crippen LogP contribution in [-0.2, 0) is 12.6 Å². The summed E-state index contributed by atoms with van der Waals surface area (Å²) in [6.07, 6.45) is -4.15. The van der Waals surface area contributed by atoms with Crippen LogP contribution in [0.1, 0.15) is 11.5 Å². The van der Waals surface area contributed by atoms with E-state index in [1.165, 1.54) is 12.1 Å². The van der Waals surface area contributed by atoms with Crippen molar-refractivity contribution in [3.63, 3.8) is 0 Å². The van der Waals surface area contributed by atoms with Crippen LogP contribution in [0.25, 0.3) is 11.5 Å². The quantitative estimate of drug-likeness (QED) is 0.917. The smallest absolute Gasteiger partial charge is 0.416 e. The van der Waals surface area contributed by atoms with Crippen molar-refractivity contribution in [1.82, 2.24) is 10.2 Å². The molecule has 7 heteroatoms. The second-order valence-electron chi connectivity index (χ2n) is 3.55. The Labute approximate surface area is 100 Å². The molecule has 4 nitrogen and oxygen atoms in total. The van der Waals surface area contributed by atoms with Gasteiger partial charge in [0, 0.05) is 12.0 Å². The topological polar surface area (TPSA) is 59.2 Å². The maximum Gasteiger partial charge on any atom is 0.416 e. The van der Waals surface area contributed by atoms with Gasteiger partial charge >= 0.3 is 6.18 Å². The van der Waals surface area contributed by atoms with Crippen molar-refractivity contribution in [3.8, 4) is 11.5 Å². The summed E-state index contributed by atoms with van der Waals surface area (Å²) in [6, 6.07) is 4.43. The van der Waals surface area contributed by atoms with Gasteiger partial charge in [-0.1, -0.05) is 0 Å². The second-order valence-corrected chi connectivity index (χ2v) is 3.55. The molecule has 0 fully saturated rings. The SMILES string of the molecule is OCCc1nnc(-c2ccc(C(F)(F)F)cc2)o1. The van der Waals surface area contributed by atoms with Gasteiger partial charge in [-0.05, 0) is 24.3 Å². The van der Waals surface area contributed by atoms with E-state index in [9.17, 15) is 13.2 Å². The first-order valence-corrected chi connectivity index (χ1v) is 5.11. The summed E-state index contributed by atoms with van der Waals surface area (Å²) in [6.45, 7) is -0.130. The zero-order valence-electron chi connectivity index (χ0n) is 9.11. The predicted molar refractivity (Wildman–Crippen MR) is 55.5 cm³/mol. The van der Waals surface area contributed by atoms with Crippen molar-refractivity contribution >= 4 is 0 Å². The standard InChI is InChI=1S/C11H9F3N2O2/c12-11(13,14)8-3-1-7(2-4-8)10-16-15-9(18-10)5-6-17/h1-4,17H,5-6H2. The Morgan fingerprint density at radius 1 is 1.11 bits per heavy atom. The highest BCUT2D eigenvalue weighted by Crippen LogP contribution is 2.30. The van der Waals surface area contributed by atoms with Crippen molar-refractivity contribution in [2.75, 3.05) is 6.61 Å². The maximum absolute atomic E-state index is 12.3. The van der Waals surface area contributed by atoms with Crippen molar-refractivity contribution in [2.24, 2.45) is 0 Å². The van der Waals surface area contributed by atoms with Gasteiger partial charge in [-0.25, -0.2) is 0 Å². The Morgan fingerprint density at radius 2 is 1.78 bits per heavy atom. The summed E-state index contributed by atoms with van der Waals surface area (Å²) in [5.74, 6) is 0.375. The molecule has 0 atom stereocenters. The maximum atomic E-state index is 12.3. The van der Waals surface area contributed by atoms with Crippen LogP contribution < -0.4 is 0 Å². The van der Waals surface area contributed by atoms with E-state index in [2.05, 4.69) is 10.2 Å². The molecule has 0 saturated heterocycles. The van der Waals surface area contributed by atoms with Crippen LogP contribution >= 0.6 is 0 Å². The van der Waals surface area contributed by atoms with Gasteiger partial charge in [-0.2, -0.15) is 13.2 Å². The van der Waals surface area contributed by atoms with Crippen molar-refractivity contribution in [1.29, 1.82) is 0 Å². The number of rotatable bonds is 3. The average molecular weight is 258 g/mol. The lowest BCUT2D eigenvalue weighted by atomic mass is 10.1. The second kappa shape index (κ2) is 4.77. The predicted octanol–water partition coefficient (Wildman–Crippen LogP) is 2.29. The first-order chi connectivity index (χ1) is 8.50. The molecule has 96 valence electrons. The Morgan fingerprint density at radius 3 is 2.33 bits per heavy atom. The molecular weight excluding hydrogens is 249 g/mol. The zero-order valence-corrected chi connectivity index (χ0v) is 9.11. The van der Waals surface area contributed by atoms with Gasteiger partial charge < -0.3 is 9.52 Å². The van der Waals surface area contributed by atoms with Gasteiger partial charge in [0.15, 0.2) is 0 Å². The summed E-state index contributed by atoms with van der Waals surface area (Å²) in [7, 11) is 0. The van der Waals surface area contributed by atoms with Crippen molar-refractivity contribution < 1.29 is 22.7 Å². The normalized spacial score (nSPS) is 11.8. The molecule has 0 saturated carbocycles. The molecule has 0 unspecified atom stereocenters. The molecule has 0 aliphatic heterocycles. The molecule has 1 heterocycles. The molecule has 0 bridgehead atoms. The molecule has 18 heavy (non-hydrogen) atoms. The number of benzene rings is 1. The Kier molecular flexibility index (Phi) is 3.33. The first kappa shape index (κ1) is 12.6. The van der Waals surface area contributed by atoms with Crippen molar-refractivity contribution in [2.45, 2.75) is 12.6 Å². The van der Waals surface area contributed by atoms with Gasteiger partial charge in [0.1, 0.15) is 0 Å². The number of halogens is 3. The highest BCUT2D eigenvalue weighted by molar-refractivity contribution is 5.53. The molecule has 0 aliphatic carbocycles. The van der Waals surface area contributed by atoms with E-state index in [1.54, 1.807) is 0 Å². The summed E-state index contributed by atoms with van der Waals surface area (Å²) in [4.78, 5) is 0. The molecule has 0 aliphatic rings. The lowest BCUT2D eigenvalue weighted by Crippen LogP contribution is -2.03. The number of aliphatic hydroxyl groups is 1. The van der Waals surface area contributed by atoms with Gasteiger partial charge in [0.05, 0.1) is 12.2 Å². The van der Waals surface area contributed by atoms with Crippen LogP contribution in [-0.4, -0.2) is 21.9 Å². The molecule has 2 rings (SSSR count). The Balaban J connectivity index is 2.23. The van der Waals surface area contributed by atoms with Gasteiger partial charge in [-0.3, -0.25) is 0 Å². The summed E-state index contributed by atoms with van der Waals surface area (Å²) >= 11 is 0. The van der Waals surface area contributed by atoms with Crippen LogP contribution in [0.3, 0.4) is 0 Å². The van der Waals surface area contributed by atoms with Crippen LogP contribution in [0.2, 0.25) is 0 Å². The number of hydrogen-bond donors (Lipinski definition) is 1. The molecule has 1 N–H and O–H groups in total. The van der Waals surface area contributed by atoms with Gasteiger partial charge in [0.2, 0.25) is 11.8 Å². The van der Waals surface area contributed by atoms with Crippen LogP contribution in [0.4, 0.5) is 13.2 Å². The highest BCUT2D eigenvalue weighted by atomic mass is 19.4. The minimum Gasteiger partial charge on any atom is -0.421 e. The zero-order chi connectivity index (χ0) is 13.2. The first-order valence-electron chi connectivity index (χ1n) is 5.11. The van der Waals surface area contributed by atoms with Gasteiger partial charge in [-0.15, -0.1) is 10.2 Å². The monoisotopic (exact) mass is 258 g/mol. The minimum atomic E-state index is -4.37. The summed E-state index contributed by atoms with van der Waals surface area (Å²) in [5.41, 5.74) is -0.332. The summed E-state index contributed by atoms with van der Waals surface area (Å²) < 4.78 is 42.2.